The van der Waals surface area contributed by atoms with Gasteiger partial charge in [-0.2, -0.15) is 0 Å². The minimum absolute atomic E-state index is 0.0168. The van der Waals surface area contributed by atoms with Gasteiger partial charge in [0.2, 0.25) is 5.91 Å². The van der Waals surface area contributed by atoms with Gasteiger partial charge in [-0.1, -0.05) is 373 Å². The summed E-state index contributed by atoms with van der Waals surface area (Å²) in [5, 5.41) is 14.1. The fourth-order valence-electron chi connectivity index (χ4n) is 11.5. The maximum Gasteiger partial charge on any atom is 0.268 e. The molecule has 0 aromatic heterocycles. The Hall–Kier alpha value is -0.500. The van der Waals surface area contributed by atoms with Crippen molar-refractivity contribution in [3.63, 3.8) is 0 Å². The summed E-state index contributed by atoms with van der Waals surface area (Å²) in [5.74, 6) is -0.154. The van der Waals surface area contributed by atoms with Crippen molar-refractivity contribution in [2.75, 3.05) is 40.9 Å². The fraction of sp³-hybridized carbons (Fsp3) is 0.986. The summed E-state index contributed by atoms with van der Waals surface area (Å²) in [4.78, 5) is 25.6. The second-order valence-corrected chi connectivity index (χ2v) is 27.7. The van der Waals surface area contributed by atoms with Crippen LogP contribution in [0.25, 0.3) is 0 Å². The van der Waals surface area contributed by atoms with Crippen LogP contribution in [0.2, 0.25) is 0 Å². The molecule has 0 aliphatic rings. The van der Waals surface area contributed by atoms with Crippen molar-refractivity contribution in [2.45, 2.75) is 405 Å². The number of phosphoric acid groups is 1. The number of hydrogen-bond acceptors (Lipinski definition) is 6. The molecule has 0 spiro atoms. The van der Waals surface area contributed by atoms with Gasteiger partial charge in [-0.3, -0.25) is 9.36 Å². The average Bonchev–Trinajstić information content (AvgIpc) is 3.42. The van der Waals surface area contributed by atoms with Gasteiger partial charge < -0.3 is 28.8 Å². The van der Waals surface area contributed by atoms with Gasteiger partial charge in [-0.05, 0) is 12.8 Å². The molecule has 0 heterocycles. The second-order valence-electron chi connectivity index (χ2n) is 26.3. The van der Waals surface area contributed by atoms with Gasteiger partial charge in [0.05, 0.1) is 39.9 Å². The van der Waals surface area contributed by atoms with E-state index in [0.717, 1.165) is 38.5 Å². The quantitative estimate of drug-likeness (QED) is 0.0357. The molecular formula is C70H143N2O6P. The van der Waals surface area contributed by atoms with E-state index in [1.807, 2.05) is 21.1 Å². The van der Waals surface area contributed by atoms with Crippen molar-refractivity contribution < 1.29 is 32.9 Å². The number of amides is 1. The first-order valence-corrected chi connectivity index (χ1v) is 37.3. The van der Waals surface area contributed by atoms with E-state index in [-0.39, 0.29) is 19.1 Å². The lowest BCUT2D eigenvalue weighted by molar-refractivity contribution is -0.870. The molecule has 0 saturated heterocycles. The summed E-state index contributed by atoms with van der Waals surface area (Å²) in [5.41, 5.74) is 0. The van der Waals surface area contributed by atoms with Crippen LogP contribution in [0.15, 0.2) is 0 Å². The number of quaternary nitrogens is 1. The van der Waals surface area contributed by atoms with E-state index in [1.165, 1.54) is 327 Å². The Labute approximate surface area is 495 Å². The summed E-state index contributed by atoms with van der Waals surface area (Å²) >= 11 is 0. The summed E-state index contributed by atoms with van der Waals surface area (Å²) in [6.45, 7) is 4.79. The third kappa shape index (κ3) is 64.9. The summed E-state index contributed by atoms with van der Waals surface area (Å²) < 4.78 is 23.5. The fourth-order valence-corrected chi connectivity index (χ4v) is 12.2. The lowest BCUT2D eigenvalue weighted by Crippen LogP contribution is -2.46. The first-order valence-electron chi connectivity index (χ1n) is 35.9. The van der Waals surface area contributed by atoms with Crippen molar-refractivity contribution in [2.24, 2.45) is 0 Å². The van der Waals surface area contributed by atoms with Gasteiger partial charge in [-0.15, -0.1) is 0 Å². The van der Waals surface area contributed by atoms with Crippen LogP contribution in [0.4, 0.5) is 0 Å². The number of likely N-dealkylation sites (N-methyl/N-ethyl adjacent to an activating group) is 1. The SMILES string of the molecule is CCCCCCCCCCCCCCCCCCCCCCCCCCCCCCCCCCCCCCCCCCC(=O)NC(COP(=O)([O-])OCC[N+](C)(C)C)C(O)CCCCCCCCCCCCCCCCCCC. The molecule has 0 aliphatic carbocycles. The highest BCUT2D eigenvalue weighted by atomic mass is 31.2. The zero-order valence-electron chi connectivity index (χ0n) is 54.4. The zero-order chi connectivity index (χ0) is 57.7. The van der Waals surface area contributed by atoms with Gasteiger partial charge in [-0.25, -0.2) is 0 Å². The Morgan fingerprint density at radius 1 is 0.392 bits per heavy atom. The Kier molecular flexibility index (Phi) is 61.7. The van der Waals surface area contributed by atoms with E-state index >= 15 is 0 Å². The van der Waals surface area contributed by atoms with Gasteiger partial charge in [0.25, 0.3) is 7.82 Å². The summed E-state index contributed by atoms with van der Waals surface area (Å²) in [6, 6.07) is -0.796. The molecule has 3 atom stereocenters. The van der Waals surface area contributed by atoms with Crippen LogP contribution in [0.3, 0.4) is 0 Å². The first kappa shape index (κ1) is 78.5. The number of carbonyl (C=O) groups is 1. The molecule has 3 unspecified atom stereocenters. The topological polar surface area (TPSA) is 108 Å². The van der Waals surface area contributed by atoms with Crippen LogP contribution in [0, 0.1) is 0 Å². The standard InChI is InChI=1S/C70H143N2O6P/c1-6-8-10-12-14-16-18-20-22-24-25-26-27-28-29-30-31-32-33-34-35-36-37-38-39-40-41-42-43-44-45-46-48-50-52-54-56-58-60-62-64-70(74)71-68(67-78-79(75,76)77-66-65-72(3,4)5)69(73)63-61-59-57-55-53-51-49-47-23-21-19-17-15-13-11-9-7-2/h68-69,73H,6-67H2,1-5H3,(H-,71,74,75,76). The van der Waals surface area contributed by atoms with E-state index in [9.17, 15) is 19.4 Å². The Balaban J connectivity index is 3.82. The maximum atomic E-state index is 13.0. The molecule has 2 N–H and O–H groups in total. The molecule has 79 heavy (non-hydrogen) atoms. The number of nitrogens with zero attached hydrogens (tertiary/aromatic N) is 1. The number of nitrogens with one attached hydrogen (secondary N) is 1. The third-order valence-electron chi connectivity index (χ3n) is 17.1. The Morgan fingerprint density at radius 2 is 0.620 bits per heavy atom. The monoisotopic (exact) mass is 1140 g/mol. The molecule has 9 heteroatoms. The predicted octanol–water partition coefficient (Wildman–Crippen LogP) is 22.1. The van der Waals surface area contributed by atoms with Gasteiger partial charge >= 0.3 is 0 Å². The van der Waals surface area contributed by atoms with E-state index < -0.39 is 20.0 Å². The molecule has 474 valence electrons. The molecule has 8 nitrogen and oxygen atoms in total. The van der Waals surface area contributed by atoms with Crippen LogP contribution in [0.5, 0.6) is 0 Å². The Bertz CT molecular complexity index is 1250. The van der Waals surface area contributed by atoms with Crippen LogP contribution in [-0.2, 0) is 18.4 Å². The average molecular weight is 1140 g/mol. The number of phosphoric ester groups is 1. The second kappa shape index (κ2) is 62.0. The third-order valence-corrected chi connectivity index (χ3v) is 18.1. The molecule has 0 fully saturated rings. The number of unbranched alkanes of at least 4 members (excludes halogenated alkanes) is 55. The van der Waals surface area contributed by atoms with Crippen molar-refractivity contribution in [3.05, 3.63) is 0 Å². The van der Waals surface area contributed by atoms with Crippen molar-refractivity contribution in [1.29, 1.82) is 0 Å². The molecule has 0 bridgehead atoms. The molecule has 0 rings (SSSR count). The zero-order valence-corrected chi connectivity index (χ0v) is 55.3. The van der Waals surface area contributed by atoms with Gasteiger partial charge in [0.15, 0.2) is 0 Å². The van der Waals surface area contributed by atoms with Gasteiger partial charge in [0.1, 0.15) is 13.2 Å². The molecule has 0 aromatic carbocycles. The predicted molar refractivity (Wildman–Crippen MR) is 344 cm³/mol. The van der Waals surface area contributed by atoms with Crippen molar-refractivity contribution in [1.82, 2.24) is 5.32 Å². The van der Waals surface area contributed by atoms with E-state index in [2.05, 4.69) is 19.2 Å². The number of hydrogen-bond donors (Lipinski definition) is 2. The number of aliphatic hydroxyl groups excluding tert-OH is 1. The molecule has 0 aromatic rings. The smallest absolute Gasteiger partial charge is 0.268 e. The normalized spacial score (nSPS) is 13.6. The lowest BCUT2D eigenvalue weighted by Gasteiger charge is -2.30. The van der Waals surface area contributed by atoms with Crippen LogP contribution < -0.4 is 10.2 Å². The molecular weight excluding hydrogens is 996 g/mol. The van der Waals surface area contributed by atoms with Crippen molar-refractivity contribution >= 4 is 13.7 Å². The number of carbonyl (C=O) groups excluding carboxylic acids is 1. The van der Waals surface area contributed by atoms with E-state index in [0.29, 0.717) is 23.9 Å². The minimum atomic E-state index is -4.57. The highest BCUT2D eigenvalue weighted by Crippen LogP contribution is 2.38. The first-order chi connectivity index (χ1) is 38.5. The van der Waals surface area contributed by atoms with E-state index in [4.69, 9.17) is 9.05 Å². The van der Waals surface area contributed by atoms with Gasteiger partial charge in [0, 0.05) is 6.42 Å². The number of rotatable bonds is 68. The van der Waals surface area contributed by atoms with E-state index in [1.54, 1.807) is 0 Å². The minimum Gasteiger partial charge on any atom is -0.756 e. The van der Waals surface area contributed by atoms with Crippen LogP contribution in [-0.4, -0.2) is 68.5 Å². The molecule has 1 amide bonds. The molecule has 0 radical (unpaired) electrons. The van der Waals surface area contributed by atoms with Crippen LogP contribution in [0.1, 0.15) is 393 Å². The highest BCUT2D eigenvalue weighted by molar-refractivity contribution is 7.45. The Morgan fingerprint density at radius 3 is 0.861 bits per heavy atom. The summed E-state index contributed by atoms with van der Waals surface area (Å²) in [6.07, 6.45) is 77.8. The highest BCUT2D eigenvalue weighted by Gasteiger charge is 2.24. The largest absolute Gasteiger partial charge is 0.756 e. The molecule has 0 saturated carbocycles. The molecule has 0 aliphatic heterocycles. The lowest BCUT2D eigenvalue weighted by atomic mass is 10.0. The summed E-state index contributed by atoms with van der Waals surface area (Å²) in [7, 11) is 1.33. The van der Waals surface area contributed by atoms with Crippen molar-refractivity contribution in [3.8, 4) is 0 Å². The van der Waals surface area contributed by atoms with Crippen LogP contribution >= 0.6 is 7.82 Å². The maximum absolute atomic E-state index is 13.0. The number of aliphatic hydroxyl groups is 1.